The Hall–Kier alpha value is -1.68. The van der Waals surface area contributed by atoms with Crippen molar-refractivity contribution < 1.29 is 13.2 Å². The number of furan rings is 1. The van der Waals surface area contributed by atoms with E-state index >= 15 is 0 Å². The van der Waals surface area contributed by atoms with Crippen molar-refractivity contribution in [3.05, 3.63) is 47.7 Å². The van der Waals surface area contributed by atoms with E-state index in [0.717, 1.165) is 0 Å². The third-order valence-corrected chi connectivity index (χ3v) is 2.39. The van der Waals surface area contributed by atoms with Gasteiger partial charge in [-0.3, -0.25) is 0 Å². The summed E-state index contributed by atoms with van der Waals surface area (Å²) in [7, 11) is 0. The lowest BCUT2D eigenvalue weighted by atomic mass is 10.1. The second kappa shape index (κ2) is 4.67. The van der Waals surface area contributed by atoms with Crippen LogP contribution in [0.1, 0.15) is 12.7 Å². The molecule has 1 aromatic heterocycles. The molecule has 2 nitrogen and oxygen atoms in total. The molecule has 17 heavy (non-hydrogen) atoms. The lowest BCUT2D eigenvalue weighted by Crippen LogP contribution is -2.17. The molecule has 2 rings (SSSR count). The van der Waals surface area contributed by atoms with E-state index in [0.29, 0.717) is 12.2 Å². The molecule has 1 unspecified atom stereocenters. The van der Waals surface area contributed by atoms with Crippen molar-refractivity contribution in [2.24, 2.45) is 5.73 Å². The highest BCUT2D eigenvalue weighted by Gasteiger charge is 2.14. The van der Waals surface area contributed by atoms with E-state index in [9.17, 15) is 8.78 Å². The zero-order valence-electron chi connectivity index (χ0n) is 9.41. The normalized spacial score (nSPS) is 12.7. The largest absolute Gasteiger partial charge is 0.461 e. The van der Waals surface area contributed by atoms with Crippen LogP contribution in [-0.4, -0.2) is 6.04 Å². The highest BCUT2D eigenvalue weighted by molar-refractivity contribution is 5.59. The molecule has 1 aromatic carbocycles. The number of hydrogen-bond acceptors (Lipinski definition) is 2. The van der Waals surface area contributed by atoms with Gasteiger partial charge in [0.05, 0.1) is 5.56 Å². The van der Waals surface area contributed by atoms with Gasteiger partial charge in [0.1, 0.15) is 23.2 Å². The zero-order chi connectivity index (χ0) is 12.4. The molecule has 4 heteroatoms. The molecule has 1 heterocycles. The molecule has 2 N–H and O–H groups in total. The van der Waals surface area contributed by atoms with Gasteiger partial charge < -0.3 is 10.2 Å². The van der Waals surface area contributed by atoms with E-state index in [1.54, 1.807) is 12.1 Å². The third-order valence-electron chi connectivity index (χ3n) is 2.39. The number of benzene rings is 1. The molecule has 0 amide bonds. The molecule has 0 bridgehead atoms. The lowest BCUT2D eigenvalue weighted by Gasteiger charge is -2.02. The maximum Gasteiger partial charge on any atom is 0.140 e. The quantitative estimate of drug-likeness (QED) is 0.890. The maximum absolute atomic E-state index is 13.5. The summed E-state index contributed by atoms with van der Waals surface area (Å²) >= 11 is 0. The molecule has 2 aromatic rings. The van der Waals surface area contributed by atoms with Crippen LogP contribution < -0.4 is 5.73 Å². The number of rotatable bonds is 3. The second-order valence-electron chi connectivity index (χ2n) is 4.04. The summed E-state index contributed by atoms with van der Waals surface area (Å²) in [6.45, 7) is 1.84. The van der Waals surface area contributed by atoms with E-state index < -0.39 is 11.6 Å². The van der Waals surface area contributed by atoms with E-state index in [-0.39, 0.29) is 17.4 Å². The molecule has 1 atom stereocenters. The number of hydrogen-bond donors (Lipinski definition) is 1. The predicted molar refractivity (Wildman–Crippen MR) is 61.4 cm³/mol. The highest BCUT2D eigenvalue weighted by atomic mass is 19.1. The van der Waals surface area contributed by atoms with Gasteiger partial charge in [-0.1, -0.05) is 6.07 Å². The molecule has 0 spiro atoms. The Labute approximate surface area is 98.0 Å². The molecular weight excluding hydrogens is 224 g/mol. The van der Waals surface area contributed by atoms with E-state index in [1.165, 1.54) is 18.2 Å². The van der Waals surface area contributed by atoms with Crippen LogP contribution in [-0.2, 0) is 6.42 Å². The third kappa shape index (κ3) is 2.53. The fourth-order valence-corrected chi connectivity index (χ4v) is 1.67. The van der Waals surface area contributed by atoms with Gasteiger partial charge >= 0.3 is 0 Å². The Bertz CT molecular complexity index is 500. The summed E-state index contributed by atoms with van der Waals surface area (Å²) in [5, 5.41) is 0. The molecule has 90 valence electrons. The molecule has 0 aliphatic carbocycles. The van der Waals surface area contributed by atoms with Gasteiger partial charge in [-0.25, -0.2) is 8.78 Å². The topological polar surface area (TPSA) is 39.2 Å². The van der Waals surface area contributed by atoms with Crippen molar-refractivity contribution in [1.29, 1.82) is 0 Å². The molecule has 0 aliphatic rings. The van der Waals surface area contributed by atoms with E-state index in [1.807, 2.05) is 6.92 Å². The average molecular weight is 237 g/mol. The summed E-state index contributed by atoms with van der Waals surface area (Å²) in [4.78, 5) is 0. The SMILES string of the molecule is CC(N)Cc1ccc(-c2c(F)cccc2F)o1. The zero-order valence-corrected chi connectivity index (χ0v) is 9.41. The number of halogens is 2. The molecule has 0 saturated carbocycles. The van der Waals surface area contributed by atoms with Crippen LogP contribution in [0.4, 0.5) is 8.78 Å². The Morgan fingerprint density at radius 1 is 1.18 bits per heavy atom. The Balaban J connectivity index is 2.37. The first-order chi connectivity index (χ1) is 8.08. The van der Waals surface area contributed by atoms with Gasteiger partial charge in [0.25, 0.3) is 0 Å². The summed E-state index contributed by atoms with van der Waals surface area (Å²) in [6.07, 6.45) is 0.538. The van der Waals surface area contributed by atoms with Gasteiger partial charge in [0.15, 0.2) is 0 Å². The highest BCUT2D eigenvalue weighted by Crippen LogP contribution is 2.27. The van der Waals surface area contributed by atoms with Crippen LogP contribution in [0, 0.1) is 11.6 Å². The monoisotopic (exact) mass is 237 g/mol. The van der Waals surface area contributed by atoms with Crippen molar-refractivity contribution in [2.45, 2.75) is 19.4 Å². The minimum absolute atomic E-state index is 0.0560. The fraction of sp³-hybridized carbons (Fsp3) is 0.231. The minimum atomic E-state index is -0.633. The first kappa shape index (κ1) is 11.8. The predicted octanol–water partition coefficient (Wildman–Crippen LogP) is 3.11. The summed E-state index contributed by atoms with van der Waals surface area (Å²) < 4.78 is 32.3. The van der Waals surface area contributed by atoms with Gasteiger partial charge in [-0.2, -0.15) is 0 Å². The molecule has 0 saturated heterocycles. The summed E-state index contributed by atoms with van der Waals surface area (Å²) in [5.41, 5.74) is 5.49. The van der Waals surface area contributed by atoms with Crippen molar-refractivity contribution in [2.75, 3.05) is 0 Å². The second-order valence-corrected chi connectivity index (χ2v) is 4.04. The fourth-order valence-electron chi connectivity index (χ4n) is 1.67. The molecule has 0 aliphatic heterocycles. The van der Waals surface area contributed by atoms with Gasteiger partial charge in [-0.15, -0.1) is 0 Å². The summed E-state index contributed by atoms with van der Waals surface area (Å²) in [5.74, 6) is -0.452. The van der Waals surface area contributed by atoms with Crippen LogP contribution in [0.3, 0.4) is 0 Å². The van der Waals surface area contributed by atoms with Crippen LogP contribution in [0.2, 0.25) is 0 Å². The lowest BCUT2D eigenvalue weighted by molar-refractivity contribution is 0.493. The van der Waals surface area contributed by atoms with Gasteiger partial charge in [-0.05, 0) is 31.2 Å². The van der Waals surface area contributed by atoms with Crippen molar-refractivity contribution in [3.8, 4) is 11.3 Å². The van der Waals surface area contributed by atoms with Crippen molar-refractivity contribution in [1.82, 2.24) is 0 Å². The van der Waals surface area contributed by atoms with Crippen molar-refractivity contribution in [3.63, 3.8) is 0 Å². The smallest absolute Gasteiger partial charge is 0.140 e. The first-order valence-corrected chi connectivity index (χ1v) is 5.36. The molecule has 0 fully saturated rings. The van der Waals surface area contributed by atoms with Crippen LogP contribution in [0.25, 0.3) is 11.3 Å². The first-order valence-electron chi connectivity index (χ1n) is 5.36. The van der Waals surface area contributed by atoms with E-state index in [2.05, 4.69) is 0 Å². The average Bonchev–Trinajstić information content (AvgIpc) is 2.65. The Morgan fingerprint density at radius 2 is 1.82 bits per heavy atom. The summed E-state index contributed by atoms with van der Waals surface area (Å²) in [6, 6.07) is 6.90. The standard InChI is InChI=1S/C13H13F2NO/c1-8(16)7-9-5-6-12(17-9)13-10(14)3-2-4-11(13)15/h2-6,8H,7,16H2,1H3. The van der Waals surface area contributed by atoms with Crippen LogP contribution in [0.5, 0.6) is 0 Å². The van der Waals surface area contributed by atoms with Crippen molar-refractivity contribution >= 4 is 0 Å². The van der Waals surface area contributed by atoms with E-state index in [4.69, 9.17) is 10.2 Å². The maximum atomic E-state index is 13.5. The Morgan fingerprint density at radius 3 is 2.41 bits per heavy atom. The van der Waals surface area contributed by atoms with Crippen LogP contribution >= 0.6 is 0 Å². The molecule has 0 radical (unpaired) electrons. The van der Waals surface area contributed by atoms with Crippen LogP contribution in [0.15, 0.2) is 34.7 Å². The van der Waals surface area contributed by atoms with Gasteiger partial charge in [0.2, 0.25) is 0 Å². The number of nitrogens with two attached hydrogens (primary N) is 1. The molecular formula is C13H13F2NO. The Kier molecular flexibility index (Phi) is 3.24. The van der Waals surface area contributed by atoms with Gasteiger partial charge in [0, 0.05) is 12.5 Å². The minimum Gasteiger partial charge on any atom is -0.461 e.